The first-order chi connectivity index (χ1) is 32.0. The van der Waals surface area contributed by atoms with E-state index in [1.54, 1.807) is 0 Å². The molecule has 0 saturated carbocycles. The van der Waals surface area contributed by atoms with Gasteiger partial charge >= 0.3 is 5.97 Å². The molecule has 6 heteroatoms. The minimum Gasteiger partial charge on any atom is -0.462 e. The molecule has 0 spiro atoms. The van der Waals surface area contributed by atoms with Crippen LogP contribution in [0.4, 0.5) is 0 Å². The van der Waals surface area contributed by atoms with Gasteiger partial charge in [0.2, 0.25) is 5.91 Å². The van der Waals surface area contributed by atoms with Crippen LogP contribution in [0.5, 0.6) is 0 Å². The second-order valence-corrected chi connectivity index (χ2v) is 19.7. The van der Waals surface area contributed by atoms with E-state index in [4.69, 9.17) is 4.74 Å². The van der Waals surface area contributed by atoms with Crippen molar-refractivity contribution in [1.82, 2.24) is 5.32 Å². The number of aliphatic hydroxyl groups is 2. The van der Waals surface area contributed by atoms with Crippen LogP contribution in [0.25, 0.3) is 0 Å². The van der Waals surface area contributed by atoms with Gasteiger partial charge in [-0.25, -0.2) is 0 Å². The lowest BCUT2D eigenvalue weighted by Crippen LogP contribution is -2.46. The minimum absolute atomic E-state index is 0.0731. The molecule has 0 saturated heterocycles. The Balaban J connectivity index is 4.58. The van der Waals surface area contributed by atoms with Gasteiger partial charge in [0.1, 0.15) is 6.10 Å². The number of rotatable bonds is 52. The Morgan fingerprint density at radius 1 is 0.446 bits per heavy atom. The number of esters is 1. The maximum Gasteiger partial charge on any atom is 0.306 e. The van der Waals surface area contributed by atoms with E-state index < -0.39 is 18.2 Å². The van der Waals surface area contributed by atoms with Crippen molar-refractivity contribution in [3.05, 3.63) is 36.5 Å². The summed E-state index contributed by atoms with van der Waals surface area (Å²) in [5.41, 5.74) is 0. The number of carbonyl (C=O) groups is 2. The molecule has 0 fully saturated rings. The Morgan fingerprint density at radius 2 is 0.785 bits per heavy atom. The number of nitrogens with one attached hydrogen (secondary N) is 1. The summed E-state index contributed by atoms with van der Waals surface area (Å²) in [6.07, 6.45) is 63.5. The van der Waals surface area contributed by atoms with Crippen LogP contribution in [0.1, 0.15) is 303 Å². The van der Waals surface area contributed by atoms with Gasteiger partial charge in [-0.05, 0) is 64.2 Å². The molecule has 3 N–H and O–H groups in total. The van der Waals surface area contributed by atoms with Crippen LogP contribution in [0.2, 0.25) is 0 Å². The van der Waals surface area contributed by atoms with Gasteiger partial charge in [-0.15, -0.1) is 0 Å². The molecule has 0 bridgehead atoms. The van der Waals surface area contributed by atoms with Gasteiger partial charge in [0.25, 0.3) is 0 Å². The van der Waals surface area contributed by atoms with Crippen molar-refractivity contribution in [2.75, 3.05) is 6.61 Å². The Bertz CT molecular complexity index is 1070. The highest BCUT2D eigenvalue weighted by Crippen LogP contribution is 2.19. The third kappa shape index (κ3) is 48.3. The number of amides is 1. The molecule has 0 aromatic carbocycles. The molecule has 3 unspecified atom stereocenters. The van der Waals surface area contributed by atoms with Crippen molar-refractivity contribution < 1.29 is 24.5 Å². The van der Waals surface area contributed by atoms with Gasteiger partial charge < -0.3 is 20.3 Å². The number of aliphatic hydroxyl groups excluding tert-OH is 2. The van der Waals surface area contributed by atoms with E-state index in [0.717, 1.165) is 70.6 Å². The highest BCUT2D eigenvalue weighted by molar-refractivity contribution is 5.77. The third-order valence-electron chi connectivity index (χ3n) is 13.2. The van der Waals surface area contributed by atoms with Gasteiger partial charge in [-0.3, -0.25) is 9.59 Å². The molecule has 65 heavy (non-hydrogen) atoms. The van der Waals surface area contributed by atoms with Crippen LogP contribution < -0.4 is 5.32 Å². The molecule has 0 aromatic rings. The summed E-state index contributed by atoms with van der Waals surface area (Å²) < 4.78 is 5.96. The molecule has 0 aliphatic carbocycles. The fraction of sp³-hybridized carbons (Fsp3) is 0.864. The zero-order chi connectivity index (χ0) is 47.4. The fourth-order valence-corrected chi connectivity index (χ4v) is 8.85. The average Bonchev–Trinajstić information content (AvgIpc) is 3.30. The summed E-state index contributed by atoms with van der Waals surface area (Å²) >= 11 is 0. The number of carbonyl (C=O) groups excluding carboxylic acids is 2. The summed E-state index contributed by atoms with van der Waals surface area (Å²) in [4.78, 5) is 26.3. The van der Waals surface area contributed by atoms with Gasteiger partial charge in [-0.2, -0.15) is 0 Å². The Labute approximate surface area is 404 Å². The lowest BCUT2D eigenvalue weighted by Gasteiger charge is -2.24. The van der Waals surface area contributed by atoms with Crippen LogP contribution in [0.15, 0.2) is 36.5 Å². The van der Waals surface area contributed by atoms with E-state index >= 15 is 0 Å². The van der Waals surface area contributed by atoms with Crippen molar-refractivity contribution in [3.8, 4) is 0 Å². The lowest BCUT2D eigenvalue weighted by atomic mass is 10.0. The molecular weight excluding hydrogens is 803 g/mol. The van der Waals surface area contributed by atoms with E-state index in [2.05, 4.69) is 62.5 Å². The summed E-state index contributed by atoms with van der Waals surface area (Å²) in [5, 5.41) is 23.8. The summed E-state index contributed by atoms with van der Waals surface area (Å²) in [7, 11) is 0. The van der Waals surface area contributed by atoms with Crippen molar-refractivity contribution in [1.29, 1.82) is 0 Å². The van der Waals surface area contributed by atoms with Gasteiger partial charge in [0, 0.05) is 6.42 Å². The second-order valence-electron chi connectivity index (χ2n) is 19.7. The number of ether oxygens (including phenoxy) is 1. The van der Waals surface area contributed by atoms with Crippen LogP contribution in [0, 0.1) is 0 Å². The third-order valence-corrected chi connectivity index (χ3v) is 13.2. The van der Waals surface area contributed by atoms with Crippen molar-refractivity contribution in [2.24, 2.45) is 0 Å². The molecule has 1 amide bonds. The van der Waals surface area contributed by atoms with Crippen LogP contribution in [0.3, 0.4) is 0 Å². The number of allylic oxidation sites excluding steroid dienone is 6. The van der Waals surface area contributed by atoms with E-state index in [1.807, 2.05) is 0 Å². The number of hydrogen-bond donors (Lipinski definition) is 3. The predicted molar refractivity (Wildman–Crippen MR) is 282 cm³/mol. The maximum absolute atomic E-state index is 13.3. The topological polar surface area (TPSA) is 95.9 Å². The van der Waals surface area contributed by atoms with Crippen LogP contribution in [-0.4, -0.2) is 46.9 Å². The first-order valence-electron chi connectivity index (χ1n) is 28.7. The van der Waals surface area contributed by atoms with Crippen molar-refractivity contribution in [3.63, 3.8) is 0 Å². The quantitative estimate of drug-likeness (QED) is 0.0321. The summed E-state index contributed by atoms with van der Waals surface area (Å²) in [6, 6.07) is -0.703. The smallest absolute Gasteiger partial charge is 0.306 e. The normalized spacial score (nSPS) is 13.4. The Kier molecular flexibility index (Phi) is 51.5. The maximum atomic E-state index is 13.3. The molecule has 0 radical (unpaired) electrons. The summed E-state index contributed by atoms with van der Waals surface area (Å²) in [5.74, 6) is -0.483. The molecule has 0 rings (SSSR count). The molecule has 0 aliphatic rings. The van der Waals surface area contributed by atoms with E-state index in [0.29, 0.717) is 19.3 Å². The standard InChI is InChI=1S/C59H111NO5/c1-4-7-10-13-16-19-22-25-27-29-31-33-35-38-41-44-47-50-55(65-59(64)52-49-46-43-40-37-34-32-30-28-26-23-20-17-14-11-8-5-2)53-58(63)60-56(54-61)57(62)51-48-45-42-39-36-24-21-18-15-12-9-6-3/h17,20,26,28,32,34,55-57,61-62H,4-16,18-19,21-25,27,29-31,33,35-54H2,1-3H3,(H,60,63)/b20-17-,28-26-,34-32-. The zero-order valence-corrected chi connectivity index (χ0v) is 43.6. The van der Waals surface area contributed by atoms with Crippen molar-refractivity contribution >= 4 is 11.9 Å². The lowest BCUT2D eigenvalue weighted by molar-refractivity contribution is -0.151. The van der Waals surface area contributed by atoms with E-state index in [-0.39, 0.29) is 24.9 Å². The molecule has 6 nitrogen and oxygen atoms in total. The molecule has 0 aromatic heterocycles. The molecular formula is C59H111NO5. The predicted octanol–water partition coefficient (Wildman–Crippen LogP) is 17.6. The first kappa shape index (κ1) is 63.1. The Hall–Kier alpha value is -1.92. The zero-order valence-electron chi connectivity index (χ0n) is 43.6. The largest absolute Gasteiger partial charge is 0.462 e. The first-order valence-corrected chi connectivity index (χ1v) is 28.7. The highest BCUT2D eigenvalue weighted by Gasteiger charge is 2.24. The van der Waals surface area contributed by atoms with Crippen molar-refractivity contribution in [2.45, 2.75) is 322 Å². The fourth-order valence-electron chi connectivity index (χ4n) is 8.85. The van der Waals surface area contributed by atoms with Gasteiger partial charge in [-0.1, -0.05) is 263 Å². The average molecular weight is 915 g/mol. The summed E-state index contributed by atoms with van der Waals surface area (Å²) in [6.45, 7) is 6.48. The SMILES string of the molecule is CCCCC/C=C\C/C=C\C/C=C\CCCCCCC(=O)OC(CCCCCCCCCCCCCCCCCCC)CC(=O)NC(CO)C(O)CCCCCCCCCCCCCC. The molecule has 3 atom stereocenters. The Morgan fingerprint density at radius 3 is 1.22 bits per heavy atom. The second kappa shape index (κ2) is 53.0. The van der Waals surface area contributed by atoms with Gasteiger partial charge in [0.05, 0.1) is 25.2 Å². The van der Waals surface area contributed by atoms with Crippen LogP contribution in [-0.2, 0) is 14.3 Å². The van der Waals surface area contributed by atoms with E-state index in [9.17, 15) is 19.8 Å². The van der Waals surface area contributed by atoms with Crippen LogP contribution >= 0.6 is 0 Å². The minimum atomic E-state index is -0.789. The van der Waals surface area contributed by atoms with E-state index in [1.165, 1.54) is 186 Å². The number of unbranched alkanes of at least 4 members (excludes halogenated alkanes) is 34. The number of hydrogen-bond acceptors (Lipinski definition) is 5. The molecule has 0 heterocycles. The molecule has 0 aliphatic heterocycles. The highest BCUT2D eigenvalue weighted by atomic mass is 16.5. The van der Waals surface area contributed by atoms with Gasteiger partial charge in [0.15, 0.2) is 0 Å². The molecule has 382 valence electrons. The monoisotopic (exact) mass is 914 g/mol.